The molecular weight excluding hydrogens is 192 g/mol. The topological polar surface area (TPSA) is 55.6 Å². The van der Waals surface area contributed by atoms with Crippen molar-refractivity contribution in [2.75, 3.05) is 19.8 Å². The van der Waals surface area contributed by atoms with Crippen molar-refractivity contribution >= 4 is 5.91 Å². The number of nitrogens with zero attached hydrogens (tertiary/aromatic N) is 1. The predicted molar refractivity (Wildman–Crippen MR) is 57.3 cm³/mol. The van der Waals surface area contributed by atoms with Crippen LogP contribution in [0.2, 0.25) is 0 Å². The SMILES string of the molecule is CC(C1CCOC1)N1CCCC(N)C1=O. The van der Waals surface area contributed by atoms with Gasteiger partial charge in [0, 0.05) is 25.1 Å². The van der Waals surface area contributed by atoms with Crippen LogP contribution in [0, 0.1) is 5.92 Å². The van der Waals surface area contributed by atoms with Crippen LogP contribution in [0.5, 0.6) is 0 Å². The predicted octanol–water partition coefficient (Wildman–Crippen LogP) is 0.361. The van der Waals surface area contributed by atoms with Crippen LogP contribution in [0.15, 0.2) is 0 Å². The van der Waals surface area contributed by atoms with Gasteiger partial charge in [-0.2, -0.15) is 0 Å². The Morgan fingerprint density at radius 3 is 3.00 bits per heavy atom. The van der Waals surface area contributed by atoms with Crippen molar-refractivity contribution in [1.29, 1.82) is 0 Å². The second kappa shape index (κ2) is 4.49. The van der Waals surface area contributed by atoms with Crippen LogP contribution in [-0.4, -0.2) is 42.6 Å². The minimum absolute atomic E-state index is 0.126. The highest BCUT2D eigenvalue weighted by molar-refractivity contribution is 5.82. The molecule has 15 heavy (non-hydrogen) atoms. The molecule has 2 aliphatic rings. The van der Waals surface area contributed by atoms with E-state index >= 15 is 0 Å². The average molecular weight is 212 g/mol. The van der Waals surface area contributed by atoms with Crippen LogP contribution in [0.4, 0.5) is 0 Å². The van der Waals surface area contributed by atoms with E-state index in [9.17, 15) is 4.79 Å². The number of rotatable bonds is 2. The second-order valence-corrected chi connectivity index (χ2v) is 4.64. The third kappa shape index (κ3) is 2.16. The number of piperidine rings is 1. The molecule has 2 aliphatic heterocycles. The summed E-state index contributed by atoms with van der Waals surface area (Å²) in [7, 11) is 0. The number of likely N-dealkylation sites (tertiary alicyclic amines) is 1. The zero-order chi connectivity index (χ0) is 10.8. The second-order valence-electron chi connectivity index (χ2n) is 4.64. The van der Waals surface area contributed by atoms with Gasteiger partial charge in [0.1, 0.15) is 0 Å². The maximum atomic E-state index is 11.9. The summed E-state index contributed by atoms with van der Waals surface area (Å²) < 4.78 is 5.36. The highest BCUT2D eigenvalue weighted by Gasteiger charge is 2.34. The fourth-order valence-corrected chi connectivity index (χ4v) is 2.52. The van der Waals surface area contributed by atoms with E-state index < -0.39 is 0 Å². The summed E-state index contributed by atoms with van der Waals surface area (Å²) in [5, 5.41) is 0. The number of hydrogen-bond acceptors (Lipinski definition) is 3. The van der Waals surface area contributed by atoms with E-state index in [4.69, 9.17) is 10.5 Å². The molecule has 0 spiro atoms. The monoisotopic (exact) mass is 212 g/mol. The zero-order valence-electron chi connectivity index (χ0n) is 9.32. The minimum atomic E-state index is -0.275. The number of amides is 1. The van der Waals surface area contributed by atoms with E-state index in [1.54, 1.807) is 0 Å². The van der Waals surface area contributed by atoms with E-state index in [-0.39, 0.29) is 18.0 Å². The van der Waals surface area contributed by atoms with E-state index in [1.165, 1.54) is 0 Å². The summed E-state index contributed by atoms with van der Waals surface area (Å²) in [6.07, 6.45) is 2.94. The first kappa shape index (κ1) is 10.9. The normalized spacial score (nSPS) is 34.5. The van der Waals surface area contributed by atoms with Gasteiger partial charge >= 0.3 is 0 Å². The van der Waals surface area contributed by atoms with E-state index in [1.807, 2.05) is 4.90 Å². The third-order valence-corrected chi connectivity index (χ3v) is 3.65. The maximum absolute atomic E-state index is 11.9. The van der Waals surface area contributed by atoms with Gasteiger partial charge in [0.2, 0.25) is 5.91 Å². The molecule has 0 aromatic carbocycles. The summed E-state index contributed by atoms with van der Waals surface area (Å²) in [6.45, 7) is 4.61. The molecule has 2 saturated heterocycles. The van der Waals surface area contributed by atoms with Crippen molar-refractivity contribution in [2.24, 2.45) is 11.7 Å². The molecule has 2 fully saturated rings. The molecule has 2 rings (SSSR count). The van der Waals surface area contributed by atoms with Gasteiger partial charge in [0.05, 0.1) is 12.6 Å². The standard InChI is InChI=1S/C11H20N2O2/c1-8(9-4-6-15-7-9)13-5-2-3-10(12)11(13)14/h8-10H,2-7,12H2,1H3. The molecule has 3 unspecified atom stereocenters. The maximum Gasteiger partial charge on any atom is 0.239 e. The number of nitrogens with two attached hydrogens (primary N) is 1. The van der Waals surface area contributed by atoms with Crippen molar-refractivity contribution in [3.05, 3.63) is 0 Å². The van der Waals surface area contributed by atoms with Gasteiger partial charge in [-0.15, -0.1) is 0 Å². The van der Waals surface area contributed by atoms with Gasteiger partial charge < -0.3 is 15.4 Å². The lowest BCUT2D eigenvalue weighted by Crippen LogP contribution is -2.53. The summed E-state index contributed by atoms with van der Waals surface area (Å²) in [4.78, 5) is 13.8. The molecule has 0 aromatic rings. The van der Waals surface area contributed by atoms with Crippen molar-refractivity contribution in [1.82, 2.24) is 4.90 Å². The number of carbonyl (C=O) groups is 1. The van der Waals surface area contributed by atoms with Crippen LogP contribution in [0.1, 0.15) is 26.2 Å². The van der Waals surface area contributed by atoms with Crippen molar-refractivity contribution in [3.8, 4) is 0 Å². The molecule has 2 N–H and O–H groups in total. The molecular formula is C11H20N2O2. The van der Waals surface area contributed by atoms with Crippen molar-refractivity contribution < 1.29 is 9.53 Å². The molecule has 1 amide bonds. The first-order chi connectivity index (χ1) is 7.20. The third-order valence-electron chi connectivity index (χ3n) is 3.65. The Balaban J connectivity index is 1.98. The van der Waals surface area contributed by atoms with Crippen molar-refractivity contribution in [2.45, 2.75) is 38.3 Å². The van der Waals surface area contributed by atoms with Crippen LogP contribution in [0.25, 0.3) is 0 Å². The van der Waals surface area contributed by atoms with Crippen LogP contribution >= 0.6 is 0 Å². The van der Waals surface area contributed by atoms with Crippen LogP contribution < -0.4 is 5.73 Å². The first-order valence-electron chi connectivity index (χ1n) is 5.84. The first-order valence-corrected chi connectivity index (χ1v) is 5.84. The summed E-state index contributed by atoms with van der Waals surface area (Å²) in [5.41, 5.74) is 5.78. The smallest absolute Gasteiger partial charge is 0.239 e. The largest absolute Gasteiger partial charge is 0.381 e. The zero-order valence-corrected chi connectivity index (χ0v) is 9.32. The Morgan fingerprint density at radius 2 is 2.33 bits per heavy atom. The molecule has 4 heteroatoms. The molecule has 0 aliphatic carbocycles. The van der Waals surface area contributed by atoms with Gasteiger partial charge in [-0.05, 0) is 26.2 Å². The van der Waals surface area contributed by atoms with E-state index in [2.05, 4.69) is 6.92 Å². The van der Waals surface area contributed by atoms with Crippen molar-refractivity contribution in [3.63, 3.8) is 0 Å². The molecule has 0 bridgehead atoms. The Kier molecular flexibility index (Phi) is 3.26. The average Bonchev–Trinajstić information content (AvgIpc) is 2.74. The lowest BCUT2D eigenvalue weighted by atomic mass is 9.95. The van der Waals surface area contributed by atoms with Gasteiger partial charge in [0.15, 0.2) is 0 Å². The van der Waals surface area contributed by atoms with Gasteiger partial charge in [-0.3, -0.25) is 4.79 Å². The van der Waals surface area contributed by atoms with E-state index in [0.29, 0.717) is 5.92 Å². The van der Waals surface area contributed by atoms with Gasteiger partial charge in [-0.1, -0.05) is 0 Å². The Labute approximate surface area is 90.8 Å². The Morgan fingerprint density at radius 1 is 1.53 bits per heavy atom. The Bertz CT molecular complexity index is 239. The van der Waals surface area contributed by atoms with Gasteiger partial charge in [-0.25, -0.2) is 0 Å². The summed E-state index contributed by atoms with van der Waals surface area (Å²) in [5.74, 6) is 0.625. The van der Waals surface area contributed by atoms with Gasteiger partial charge in [0.25, 0.3) is 0 Å². The van der Waals surface area contributed by atoms with E-state index in [0.717, 1.165) is 39.0 Å². The van der Waals surface area contributed by atoms with Crippen LogP contribution in [-0.2, 0) is 9.53 Å². The quantitative estimate of drug-likeness (QED) is 0.719. The molecule has 0 aromatic heterocycles. The fraction of sp³-hybridized carbons (Fsp3) is 0.909. The Hall–Kier alpha value is -0.610. The fourth-order valence-electron chi connectivity index (χ4n) is 2.52. The summed E-state index contributed by atoms with van der Waals surface area (Å²) >= 11 is 0. The molecule has 3 atom stereocenters. The number of hydrogen-bond donors (Lipinski definition) is 1. The molecule has 86 valence electrons. The lowest BCUT2D eigenvalue weighted by molar-refractivity contribution is -0.138. The molecule has 4 nitrogen and oxygen atoms in total. The highest BCUT2D eigenvalue weighted by atomic mass is 16.5. The summed E-state index contributed by atoms with van der Waals surface area (Å²) in [6, 6.07) is 0.00914. The highest BCUT2D eigenvalue weighted by Crippen LogP contribution is 2.23. The minimum Gasteiger partial charge on any atom is -0.381 e. The molecule has 0 saturated carbocycles. The van der Waals surface area contributed by atoms with Crippen LogP contribution in [0.3, 0.4) is 0 Å². The number of ether oxygens (including phenoxy) is 1. The molecule has 2 heterocycles. The lowest BCUT2D eigenvalue weighted by Gasteiger charge is -2.37. The molecule has 0 radical (unpaired) electrons. The number of carbonyl (C=O) groups excluding carboxylic acids is 1.